The van der Waals surface area contributed by atoms with Gasteiger partial charge in [-0.15, -0.1) is 10.2 Å². The molecule has 2 unspecified atom stereocenters. The van der Waals surface area contributed by atoms with Gasteiger partial charge < -0.3 is 9.84 Å². The molecule has 20 heavy (non-hydrogen) atoms. The highest BCUT2D eigenvalue weighted by molar-refractivity contribution is 5.72. The van der Waals surface area contributed by atoms with Gasteiger partial charge in [0, 0.05) is 5.56 Å². The van der Waals surface area contributed by atoms with Crippen molar-refractivity contribution in [3.05, 3.63) is 30.3 Å². The van der Waals surface area contributed by atoms with Crippen molar-refractivity contribution in [3.63, 3.8) is 0 Å². The molecule has 1 N–H and O–H groups in total. The van der Waals surface area contributed by atoms with Crippen LogP contribution in [0.2, 0.25) is 0 Å². The van der Waals surface area contributed by atoms with E-state index in [0.717, 1.165) is 5.56 Å². The van der Waals surface area contributed by atoms with Crippen LogP contribution in [0.3, 0.4) is 0 Å². The third kappa shape index (κ3) is 2.67. The maximum absolute atomic E-state index is 10.8. The Kier molecular flexibility index (Phi) is 3.42. The van der Waals surface area contributed by atoms with Crippen LogP contribution >= 0.6 is 0 Å². The van der Waals surface area contributed by atoms with Crippen molar-refractivity contribution in [3.8, 4) is 11.4 Å². The summed E-state index contributed by atoms with van der Waals surface area (Å²) in [6, 6.07) is 9.56. The van der Waals surface area contributed by atoms with E-state index < -0.39 is 12.1 Å². The summed E-state index contributed by atoms with van der Waals surface area (Å²) in [7, 11) is 0. The highest BCUT2D eigenvalue weighted by atomic mass is 16.5. The monoisotopic (exact) mass is 274 g/mol. The molecule has 0 spiro atoms. The number of carboxylic acids is 1. The fraction of sp³-hybridized carbons (Fsp3) is 0.385. The third-order valence-electron chi connectivity index (χ3n) is 3.23. The summed E-state index contributed by atoms with van der Waals surface area (Å²) in [6.07, 6.45) is 0.338. The second-order valence-electron chi connectivity index (χ2n) is 4.70. The Morgan fingerprint density at radius 2 is 2.15 bits per heavy atom. The van der Waals surface area contributed by atoms with Crippen LogP contribution in [0.4, 0.5) is 0 Å². The summed E-state index contributed by atoms with van der Waals surface area (Å²) >= 11 is 0. The lowest BCUT2D eigenvalue weighted by atomic mass is 10.2. The smallest absolute Gasteiger partial charge is 0.332 e. The molecule has 104 valence electrons. The van der Waals surface area contributed by atoms with Crippen molar-refractivity contribution in [2.45, 2.75) is 31.6 Å². The number of hydrogen-bond acceptors (Lipinski definition) is 5. The van der Waals surface area contributed by atoms with E-state index in [1.807, 2.05) is 30.3 Å². The SMILES string of the molecule is O=C(O)C1CCC(Cn2nnc(-c3ccccc3)n2)O1. The van der Waals surface area contributed by atoms with Crippen LogP contribution in [0.1, 0.15) is 12.8 Å². The van der Waals surface area contributed by atoms with Gasteiger partial charge in [0.25, 0.3) is 0 Å². The van der Waals surface area contributed by atoms with Gasteiger partial charge >= 0.3 is 5.97 Å². The quantitative estimate of drug-likeness (QED) is 0.893. The lowest BCUT2D eigenvalue weighted by Gasteiger charge is -2.09. The summed E-state index contributed by atoms with van der Waals surface area (Å²) < 4.78 is 5.41. The highest BCUT2D eigenvalue weighted by Crippen LogP contribution is 2.21. The fourth-order valence-corrected chi connectivity index (χ4v) is 2.23. The van der Waals surface area contributed by atoms with Crippen molar-refractivity contribution < 1.29 is 14.6 Å². The molecule has 2 aromatic rings. The molecule has 1 fully saturated rings. The molecule has 1 aromatic carbocycles. The number of benzene rings is 1. The van der Waals surface area contributed by atoms with E-state index in [2.05, 4.69) is 15.4 Å². The Hall–Kier alpha value is -2.28. The van der Waals surface area contributed by atoms with Gasteiger partial charge in [-0.1, -0.05) is 30.3 Å². The lowest BCUT2D eigenvalue weighted by molar-refractivity contribution is -0.149. The molecular formula is C13H14N4O3. The summed E-state index contributed by atoms with van der Waals surface area (Å²) in [5.74, 6) is -0.359. The molecule has 0 bridgehead atoms. The largest absolute Gasteiger partial charge is 0.479 e. The number of nitrogens with zero attached hydrogens (tertiary/aromatic N) is 4. The normalized spacial score (nSPS) is 22.0. The number of rotatable bonds is 4. The summed E-state index contributed by atoms with van der Waals surface area (Å²) in [5.41, 5.74) is 0.898. The molecule has 1 aliphatic rings. The molecular weight excluding hydrogens is 260 g/mol. The molecule has 0 amide bonds. The van der Waals surface area contributed by atoms with Crippen molar-refractivity contribution in [1.82, 2.24) is 20.2 Å². The van der Waals surface area contributed by atoms with Gasteiger partial charge in [-0.3, -0.25) is 0 Å². The van der Waals surface area contributed by atoms with Crippen molar-refractivity contribution in [2.24, 2.45) is 0 Å². The van der Waals surface area contributed by atoms with Gasteiger partial charge in [0.1, 0.15) is 0 Å². The molecule has 3 rings (SSSR count). The molecule has 0 saturated carbocycles. The number of tetrazole rings is 1. The minimum absolute atomic E-state index is 0.172. The van der Waals surface area contributed by atoms with Crippen molar-refractivity contribution in [2.75, 3.05) is 0 Å². The van der Waals surface area contributed by atoms with E-state index >= 15 is 0 Å². The summed E-state index contributed by atoms with van der Waals surface area (Å²) in [4.78, 5) is 12.3. The van der Waals surface area contributed by atoms with Gasteiger partial charge in [-0.25, -0.2) is 4.79 Å². The van der Waals surface area contributed by atoms with E-state index in [1.54, 1.807) is 0 Å². The zero-order chi connectivity index (χ0) is 13.9. The van der Waals surface area contributed by atoms with Crippen LogP contribution in [0.5, 0.6) is 0 Å². The van der Waals surface area contributed by atoms with E-state index in [1.165, 1.54) is 4.80 Å². The number of aromatic nitrogens is 4. The average molecular weight is 274 g/mol. The molecule has 2 heterocycles. The van der Waals surface area contributed by atoms with E-state index in [-0.39, 0.29) is 6.10 Å². The predicted molar refractivity (Wildman–Crippen MR) is 68.8 cm³/mol. The maximum Gasteiger partial charge on any atom is 0.332 e. The van der Waals surface area contributed by atoms with Crippen LogP contribution < -0.4 is 0 Å². The Morgan fingerprint density at radius 3 is 2.85 bits per heavy atom. The van der Waals surface area contributed by atoms with Crippen LogP contribution in [0.15, 0.2) is 30.3 Å². The van der Waals surface area contributed by atoms with Crippen LogP contribution in [-0.2, 0) is 16.1 Å². The fourth-order valence-electron chi connectivity index (χ4n) is 2.23. The number of ether oxygens (including phenoxy) is 1. The Labute approximate surface area is 115 Å². The zero-order valence-corrected chi connectivity index (χ0v) is 10.7. The van der Waals surface area contributed by atoms with E-state index in [9.17, 15) is 4.79 Å². The predicted octanol–water partition coefficient (Wildman–Crippen LogP) is 0.972. The highest BCUT2D eigenvalue weighted by Gasteiger charge is 2.31. The minimum atomic E-state index is -0.913. The van der Waals surface area contributed by atoms with E-state index in [0.29, 0.717) is 25.2 Å². The topological polar surface area (TPSA) is 90.1 Å². The van der Waals surface area contributed by atoms with Crippen LogP contribution in [-0.4, -0.2) is 43.5 Å². The van der Waals surface area contributed by atoms with Gasteiger partial charge in [0.05, 0.1) is 12.6 Å². The van der Waals surface area contributed by atoms with Gasteiger partial charge in [0.15, 0.2) is 6.10 Å². The molecule has 1 aliphatic heterocycles. The minimum Gasteiger partial charge on any atom is -0.479 e. The average Bonchev–Trinajstić information content (AvgIpc) is 3.10. The molecule has 1 aromatic heterocycles. The number of aliphatic carboxylic acids is 1. The second kappa shape index (κ2) is 5.38. The molecule has 1 saturated heterocycles. The van der Waals surface area contributed by atoms with Gasteiger partial charge in [-0.05, 0) is 18.1 Å². The number of carbonyl (C=O) groups is 1. The van der Waals surface area contributed by atoms with Crippen molar-refractivity contribution >= 4 is 5.97 Å². The third-order valence-corrected chi connectivity index (χ3v) is 3.23. The Balaban J connectivity index is 1.65. The summed E-state index contributed by atoms with van der Waals surface area (Å²) in [5, 5.41) is 21.1. The molecule has 0 radical (unpaired) electrons. The van der Waals surface area contributed by atoms with Gasteiger partial charge in [-0.2, -0.15) is 4.80 Å². The van der Waals surface area contributed by atoms with E-state index in [4.69, 9.17) is 9.84 Å². The first-order chi connectivity index (χ1) is 9.72. The first kappa shape index (κ1) is 12.7. The van der Waals surface area contributed by atoms with Crippen molar-refractivity contribution in [1.29, 1.82) is 0 Å². The standard InChI is InChI=1S/C13H14N4O3/c18-13(19)11-7-6-10(20-11)8-17-15-12(14-16-17)9-4-2-1-3-5-9/h1-5,10-11H,6-8H2,(H,18,19). The number of hydrogen-bond donors (Lipinski definition) is 1. The Morgan fingerprint density at radius 1 is 1.35 bits per heavy atom. The van der Waals surface area contributed by atoms with Crippen LogP contribution in [0, 0.1) is 0 Å². The number of carboxylic acid groups (broad SMARTS) is 1. The Bertz CT molecular complexity index is 599. The summed E-state index contributed by atoms with van der Waals surface area (Å²) in [6.45, 7) is 0.420. The molecule has 7 nitrogen and oxygen atoms in total. The van der Waals surface area contributed by atoms with Crippen LogP contribution in [0.25, 0.3) is 11.4 Å². The molecule has 7 heteroatoms. The second-order valence-corrected chi connectivity index (χ2v) is 4.70. The first-order valence-electron chi connectivity index (χ1n) is 6.44. The van der Waals surface area contributed by atoms with Gasteiger partial charge in [0.2, 0.25) is 5.82 Å². The zero-order valence-electron chi connectivity index (χ0n) is 10.7. The maximum atomic E-state index is 10.8. The molecule has 2 atom stereocenters. The first-order valence-corrected chi connectivity index (χ1v) is 6.44. The lowest BCUT2D eigenvalue weighted by Crippen LogP contribution is -2.23. The molecule has 0 aliphatic carbocycles.